The summed E-state index contributed by atoms with van der Waals surface area (Å²) in [6.07, 6.45) is 8.64. The maximum atomic E-state index is 11.9. The Labute approximate surface area is 121 Å². The maximum absolute atomic E-state index is 11.9. The molecule has 2 atom stereocenters. The minimum absolute atomic E-state index is 0.176. The molecule has 2 aliphatic rings. The van der Waals surface area contributed by atoms with Crippen LogP contribution in [0.3, 0.4) is 0 Å². The number of nitrogens with one attached hydrogen (secondary N) is 1. The summed E-state index contributed by atoms with van der Waals surface area (Å²) in [5.74, 6) is 3.64. The zero-order chi connectivity index (χ0) is 13.9. The Morgan fingerprint density at radius 1 is 1.30 bits per heavy atom. The van der Waals surface area contributed by atoms with E-state index in [-0.39, 0.29) is 5.91 Å². The Bertz CT molecular complexity index is 459. The number of furan rings is 1. The van der Waals surface area contributed by atoms with E-state index in [0.29, 0.717) is 18.4 Å². The van der Waals surface area contributed by atoms with Gasteiger partial charge in [-0.05, 0) is 37.3 Å². The predicted molar refractivity (Wildman–Crippen MR) is 78.6 cm³/mol. The van der Waals surface area contributed by atoms with Gasteiger partial charge in [0.2, 0.25) is 5.91 Å². The van der Waals surface area contributed by atoms with Gasteiger partial charge in [0.05, 0.1) is 0 Å². The van der Waals surface area contributed by atoms with E-state index >= 15 is 0 Å². The van der Waals surface area contributed by atoms with Crippen LogP contribution in [-0.4, -0.2) is 11.9 Å². The summed E-state index contributed by atoms with van der Waals surface area (Å²) < 4.78 is 5.84. The third kappa shape index (κ3) is 3.44. The lowest BCUT2D eigenvalue weighted by molar-refractivity contribution is -0.122. The maximum Gasteiger partial charge on any atom is 0.220 e. The highest BCUT2D eigenvalue weighted by molar-refractivity contribution is 5.76. The summed E-state index contributed by atoms with van der Waals surface area (Å²) in [4.78, 5) is 11.9. The highest BCUT2D eigenvalue weighted by Gasteiger charge is 2.36. The van der Waals surface area contributed by atoms with Crippen LogP contribution < -0.4 is 5.32 Å². The van der Waals surface area contributed by atoms with Gasteiger partial charge in [-0.3, -0.25) is 4.79 Å². The van der Waals surface area contributed by atoms with E-state index in [0.717, 1.165) is 36.7 Å². The van der Waals surface area contributed by atoms with Gasteiger partial charge in [-0.25, -0.2) is 0 Å². The zero-order valence-electron chi connectivity index (χ0n) is 12.4. The number of hydrogen-bond acceptors (Lipinski definition) is 2. The fourth-order valence-electron chi connectivity index (χ4n) is 3.23. The van der Waals surface area contributed by atoms with Crippen LogP contribution in [0.15, 0.2) is 16.5 Å². The van der Waals surface area contributed by atoms with Crippen molar-refractivity contribution in [3.05, 3.63) is 23.7 Å². The van der Waals surface area contributed by atoms with E-state index in [1.807, 2.05) is 6.07 Å². The van der Waals surface area contributed by atoms with Crippen LogP contribution in [0.5, 0.6) is 0 Å². The molecule has 0 aromatic carbocycles. The molecule has 3 rings (SSSR count). The van der Waals surface area contributed by atoms with Gasteiger partial charge >= 0.3 is 0 Å². The van der Waals surface area contributed by atoms with E-state index in [1.54, 1.807) is 0 Å². The third-order valence-corrected chi connectivity index (χ3v) is 4.73. The first-order valence-electron chi connectivity index (χ1n) is 8.10. The molecule has 1 aromatic heterocycles. The molecule has 0 aliphatic heterocycles. The molecule has 20 heavy (non-hydrogen) atoms. The van der Waals surface area contributed by atoms with Gasteiger partial charge in [-0.2, -0.15) is 0 Å². The molecule has 1 aromatic rings. The molecular weight excluding hydrogens is 250 g/mol. The molecule has 0 bridgehead atoms. The number of carbonyl (C=O) groups is 1. The second kappa shape index (κ2) is 6.02. The molecule has 2 fully saturated rings. The summed E-state index contributed by atoms with van der Waals surface area (Å²) >= 11 is 0. The minimum atomic E-state index is 0.176. The van der Waals surface area contributed by atoms with Gasteiger partial charge in [0.25, 0.3) is 0 Å². The average Bonchev–Trinajstić information content (AvgIpc) is 3.01. The van der Waals surface area contributed by atoms with Crippen molar-refractivity contribution in [2.45, 2.75) is 70.3 Å². The van der Waals surface area contributed by atoms with Gasteiger partial charge in [-0.1, -0.05) is 26.2 Å². The summed E-state index contributed by atoms with van der Waals surface area (Å²) in [5.41, 5.74) is 0. The SMILES string of the molecule is C[C@H]1C[C@@H]1c1ccc(CCC(=O)NC2CCCCC2)o1. The summed E-state index contributed by atoms with van der Waals surface area (Å²) in [7, 11) is 0. The Morgan fingerprint density at radius 2 is 2.05 bits per heavy atom. The molecule has 2 aliphatic carbocycles. The normalized spacial score (nSPS) is 26.4. The van der Waals surface area contributed by atoms with Crippen LogP contribution in [0.1, 0.15) is 69.3 Å². The average molecular weight is 275 g/mol. The lowest BCUT2D eigenvalue weighted by Gasteiger charge is -2.22. The van der Waals surface area contributed by atoms with Gasteiger partial charge in [0.15, 0.2) is 0 Å². The highest BCUT2D eigenvalue weighted by atomic mass is 16.3. The van der Waals surface area contributed by atoms with Crippen molar-refractivity contribution < 1.29 is 9.21 Å². The fourth-order valence-corrected chi connectivity index (χ4v) is 3.23. The van der Waals surface area contributed by atoms with Crippen molar-refractivity contribution in [1.82, 2.24) is 5.32 Å². The minimum Gasteiger partial charge on any atom is -0.466 e. The van der Waals surface area contributed by atoms with E-state index in [4.69, 9.17) is 4.42 Å². The van der Waals surface area contributed by atoms with Crippen LogP contribution in [0.25, 0.3) is 0 Å². The molecule has 0 unspecified atom stereocenters. The molecule has 0 saturated heterocycles. The van der Waals surface area contributed by atoms with Crippen molar-refractivity contribution >= 4 is 5.91 Å². The first kappa shape index (κ1) is 13.7. The van der Waals surface area contributed by atoms with Crippen molar-refractivity contribution in [1.29, 1.82) is 0 Å². The summed E-state index contributed by atoms with van der Waals surface area (Å²) in [6.45, 7) is 2.25. The third-order valence-electron chi connectivity index (χ3n) is 4.73. The molecule has 2 saturated carbocycles. The van der Waals surface area contributed by atoms with Crippen molar-refractivity contribution in [3.8, 4) is 0 Å². The van der Waals surface area contributed by atoms with Crippen LogP contribution >= 0.6 is 0 Å². The standard InChI is InChI=1S/C17H25NO2/c1-12-11-15(12)16-9-7-14(20-16)8-10-17(19)18-13-5-3-2-4-6-13/h7,9,12-13,15H,2-6,8,10-11H2,1H3,(H,18,19)/t12-,15-/m0/s1. The quantitative estimate of drug-likeness (QED) is 0.888. The molecule has 0 radical (unpaired) electrons. The van der Waals surface area contributed by atoms with Crippen molar-refractivity contribution in [2.75, 3.05) is 0 Å². The van der Waals surface area contributed by atoms with Crippen molar-refractivity contribution in [3.63, 3.8) is 0 Å². The second-order valence-corrected chi connectivity index (χ2v) is 6.53. The second-order valence-electron chi connectivity index (χ2n) is 6.53. The highest BCUT2D eigenvalue weighted by Crippen LogP contribution is 2.47. The molecule has 3 heteroatoms. The molecular formula is C17H25NO2. The van der Waals surface area contributed by atoms with E-state index in [1.165, 1.54) is 25.7 Å². The van der Waals surface area contributed by atoms with Crippen molar-refractivity contribution in [2.24, 2.45) is 5.92 Å². The van der Waals surface area contributed by atoms with Gasteiger partial charge < -0.3 is 9.73 Å². The fraction of sp³-hybridized carbons (Fsp3) is 0.706. The topological polar surface area (TPSA) is 42.2 Å². The van der Waals surface area contributed by atoms with Gasteiger partial charge in [-0.15, -0.1) is 0 Å². The smallest absolute Gasteiger partial charge is 0.220 e. The first-order chi connectivity index (χ1) is 9.72. The largest absolute Gasteiger partial charge is 0.466 e. The summed E-state index contributed by atoms with van der Waals surface area (Å²) in [5, 5.41) is 3.16. The number of aryl methyl sites for hydroxylation is 1. The number of amides is 1. The molecule has 3 nitrogen and oxygen atoms in total. The van der Waals surface area contributed by atoms with Crippen LogP contribution in [0.2, 0.25) is 0 Å². The van der Waals surface area contributed by atoms with Gasteiger partial charge in [0.1, 0.15) is 11.5 Å². The Morgan fingerprint density at radius 3 is 2.75 bits per heavy atom. The monoisotopic (exact) mass is 275 g/mol. The zero-order valence-corrected chi connectivity index (χ0v) is 12.4. The first-order valence-corrected chi connectivity index (χ1v) is 8.10. The van der Waals surface area contributed by atoms with Gasteiger partial charge in [0, 0.05) is 24.8 Å². The molecule has 0 spiro atoms. The predicted octanol–water partition coefficient (Wildman–Crippen LogP) is 3.78. The van der Waals surface area contributed by atoms with Crippen LogP contribution in [0, 0.1) is 5.92 Å². The Balaban J connectivity index is 1.42. The van der Waals surface area contributed by atoms with E-state index < -0.39 is 0 Å². The molecule has 1 N–H and O–H groups in total. The Kier molecular flexibility index (Phi) is 4.13. The molecule has 1 heterocycles. The lowest BCUT2D eigenvalue weighted by atomic mass is 9.95. The van der Waals surface area contributed by atoms with E-state index in [2.05, 4.69) is 18.3 Å². The van der Waals surface area contributed by atoms with E-state index in [9.17, 15) is 4.79 Å². The molecule has 110 valence electrons. The number of rotatable bonds is 5. The Hall–Kier alpha value is -1.25. The lowest BCUT2D eigenvalue weighted by Crippen LogP contribution is -2.36. The summed E-state index contributed by atoms with van der Waals surface area (Å²) in [6, 6.07) is 4.53. The van der Waals surface area contributed by atoms with Crippen LogP contribution in [0.4, 0.5) is 0 Å². The van der Waals surface area contributed by atoms with Crippen LogP contribution in [-0.2, 0) is 11.2 Å². The molecule has 1 amide bonds. The number of hydrogen-bond donors (Lipinski definition) is 1. The number of carbonyl (C=O) groups excluding carboxylic acids is 1.